The Morgan fingerprint density at radius 2 is 2.06 bits per heavy atom. The van der Waals surface area contributed by atoms with E-state index in [-0.39, 0.29) is 24.0 Å². The number of alkyl halides is 2. The van der Waals surface area contributed by atoms with Gasteiger partial charge in [0, 0.05) is 23.6 Å². The second-order valence-electron chi connectivity index (χ2n) is 3.62. The number of hydrogen-bond acceptors (Lipinski definition) is 2. The molecule has 0 heterocycles. The maximum Gasteiger partial charge on any atom is 0.303 e. The van der Waals surface area contributed by atoms with Crippen molar-refractivity contribution in [3.63, 3.8) is 0 Å². The Labute approximate surface area is 96.0 Å². The summed E-state index contributed by atoms with van der Waals surface area (Å²) in [6.07, 6.45) is -2.95. The number of halogens is 3. The van der Waals surface area contributed by atoms with Crippen molar-refractivity contribution in [1.29, 1.82) is 0 Å². The highest BCUT2D eigenvalue weighted by Crippen LogP contribution is 2.25. The number of benzene rings is 1. The second-order valence-corrected chi connectivity index (χ2v) is 3.62. The van der Waals surface area contributed by atoms with E-state index >= 15 is 0 Å². The first kappa shape index (κ1) is 13.5. The SMILES string of the molecule is NC(CCC(=O)O)c1cc(C(F)F)ccc1F. The standard InChI is InChI=1S/C11H12F3NO2/c12-8-2-1-6(11(13)14)5-7(8)9(15)3-4-10(16)17/h1-2,5,9,11H,3-4,15H2,(H,16,17). The predicted molar refractivity (Wildman–Crippen MR) is 55.2 cm³/mol. The van der Waals surface area contributed by atoms with Crippen LogP contribution in [0.25, 0.3) is 0 Å². The normalized spacial score (nSPS) is 12.8. The Bertz CT molecular complexity index is 410. The molecular weight excluding hydrogens is 235 g/mol. The molecule has 0 aliphatic carbocycles. The van der Waals surface area contributed by atoms with Crippen molar-refractivity contribution in [2.75, 3.05) is 0 Å². The van der Waals surface area contributed by atoms with Gasteiger partial charge in [-0.1, -0.05) is 6.07 Å². The van der Waals surface area contributed by atoms with E-state index in [1.54, 1.807) is 0 Å². The molecule has 0 aromatic heterocycles. The van der Waals surface area contributed by atoms with E-state index in [4.69, 9.17) is 10.8 Å². The Kier molecular flexibility index (Phi) is 4.51. The lowest BCUT2D eigenvalue weighted by Crippen LogP contribution is -2.14. The van der Waals surface area contributed by atoms with Crippen molar-refractivity contribution >= 4 is 5.97 Å². The smallest absolute Gasteiger partial charge is 0.303 e. The monoisotopic (exact) mass is 247 g/mol. The van der Waals surface area contributed by atoms with Crippen molar-refractivity contribution in [1.82, 2.24) is 0 Å². The van der Waals surface area contributed by atoms with Crippen molar-refractivity contribution in [3.8, 4) is 0 Å². The van der Waals surface area contributed by atoms with Crippen molar-refractivity contribution in [3.05, 3.63) is 35.1 Å². The molecule has 0 aliphatic heterocycles. The molecule has 0 saturated heterocycles. The molecule has 0 saturated carbocycles. The average molecular weight is 247 g/mol. The Morgan fingerprint density at radius 1 is 1.41 bits per heavy atom. The lowest BCUT2D eigenvalue weighted by atomic mass is 10.00. The number of carbonyl (C=O) groups is 1. The van der Waals surface area contributed by atoms with Gasteiger partial charge in [0.2, 0.25) is 0 Å². The third kappa shape index (κ3) is 3.74. The first-order chi connectivity index (χ1) is 7.91. The predicted octanol–water partition coefficient (Wildman–Crippen LogP) is 2.63. The fourth-order valence-electron chi connectivity index (χ4n) is 1.42. The van der Waals surface area contributed by atoms with E-state index in [9.17, 15) is 18.0 Å². The molecule has 1 rings (SSSR count). The van der Waals surface area contributed by atoms with E-state index in [0.717, 1.165) is 18.2 Å². The number of carboxylic acids is 1. The molecule has 17 heavy (non-hydrogen) atoms. The summed E-state index contributed by atoms with van der Waals surface area (Å²) in [5.74, 6) is -1.77. The van der Waals surface area contributed by atoms with Crippen LogP contribution in [0.15, 0.2) is 18.2 Å². The molecule has 94 valence electrons. The maximum atomic E-state index is 13.3. The fraction of sp³-hybridized carbons (Fsp3) is 0.364. The van der Waals surface area contributed by atoms with E-state index in [0.29, 0.717) is 0 Å². The van der Waals surface area contributed by atoms with Crippen LogP contribution in [0.3, 0.4) is 0 Å². The van der Waals surface area contributed by atoms with Gasteiger partial charge in [0.25, 0.3) is 6.43 Å². The van der Waals surface area contributed by atoms with Gasteiger partial charge in [-0.2, -0.15) is 0 Å². The molecule has 0 radical (unpaired) electrons. The lowest BCUT2D eigenvalue weighted by Gasteiger charge is -2.13. The zero-order valence-electron chi connectivity index (χ0n) is 8.87. The molecule has 3 N–H and O–H groups in total. The highest BCUT2D eigenvalue weighted by atomic mass is 19.3. The number of nitrogens with two attached hydrogens (primary N) is 1. The number of rotatable bonds is 5. The third-order valence-electron chi connectivity index (χ3n) is 2.34. The summed E-state index contributed by atoms with van der Waals surface area (Å²) in [6.45, 7) is 0. The maximum absolute atomic E-state index is 13.3. The molecule has 3 nitrogen and oxygen atoms in total. The van der Waals surface area contributed by atoms with Crippen LogP contribution >= 0.6 is 0 Å². The second kappa shape index (κ2) is 5.67. The summed E-state index contributed by atoms with van der Waals surface area (Å²) in [6, 6.07) is 1.97. The van der Waals surface area contributed by atoms with Crippen molar-refractivity contribution in [2.45, 2.75) is 25.3 Å². The molecule has 0 bridgehead atoms. The molecular formula is C11H12F3NO2. The summed E-state index contributed by atoms with van der Waals surface area (Å²) >= 11 is 0. The van der Waals surface area contributed by atoms with Crippen LogP contribution in [0, 0.1) is 5.82 Å². The summed E-state index contributed by atoms with van der Waals surface area (Å²) in [4.78, 5) is 10.3. The molecule has 1 unspecified atom stereocenters. The zero-order valence-corrected chi connectivity index (χ0v) is 8.87. The highest BCUT2D eigenvalue weighted by Gasteiger charge is 2.16. The van der Waals surface area contributed by atoms with Crippen LogP contribution in [-0.2, 0) is 4.79 Å². The first-order valence-corrected chi connectivity index (χ1v) is 4.96. The van der Waals surface area contributed by atoms with Gasteiger partial charge in [-0.3, -0.25) is 4.79 Å². The Balaban J connectivity index is 2.87. The van der Waals surface area contributed by atoms with Gasteiger partial charge >= 0.3 is 5.97 Å². The molecule has 0 aliphatic rings. The summed E-state index contributed by atoms with van der Waals surface area (Å²) in [5.41, 5.74) is 5.16. The molecule has 1 atom stereocenters. The Morgan fingerprint density at radius 3 is 2.59 bits per heavy atom. The van der Waals surface area contributed by atoms with E-state index in [2.05, 4.69) is 0 Å². The third-order valence-corrected chi connectivity index (χ3v) is 2.34. The van der Waals surface area contributed by atoms with Crippen LogP contribution in [0.2, 0.25) is 0 Å². The van der Waals surface area contributed by atoms with E-state index in [1.165, 1.54) is 0 Å². The number of hydrogen-bond donors (Lipinski definition) is 2. The zero-order chi connectivity index (χ0) is 13.0. The van der Waals surface area contributed by atoms with E-state index in [1.807, 2.05) is 0 Å². The first-order valence-electron chi connectivity index (χ1n) is 4.96. The van der Waals surface area contributed by atoms with Crippen molar-refractivity contribution < 1.29 is 23.1 Å². The van der Waals surface area contributed by atoms with Crippen LogP contribution in [0.4, 0.5) is 13.2 Å². The van der Waals surface area contributed by atoms with Crippen LogP contribution in [0.1, 0.15) is 36.4 Å². The summed E-state index contributed by atoms with van der Waals surface area (Å²) in [7, 11) is 0. The Hall–Kier alpha value is -1.56. The summed E-state index contributed by atoms with van der Waals surface area (Å²) < 4.78 is 38.1. The van der Waals surface area contributed by atoms with Gasteiger partial charge in [-0.05, 0) is 18.6 Å². The van der Waals surface area contributed by atoms with E-state index < -0.39 is 24.3 Å². The molecule has 0 amide bonds. The average Bonchev–Trinajstić information content (AvgIpc) is 2.26. The topological polar surface area (TPSA) is 63.3 Å². The van der Waals surface area contributed by atoms with Crippen LogP contribution < -0.4 is 5.73 Å². The summed E-state index contributed by atoms with van der Waals surface area (Å²) in [5, 5.41) is 8.45. The minimum Gasteiger partial charge on any atom is -0.481 e. The van der Waals surface area contributed by atoms with Crippen molar-refractivity contribution in [2.24, 2.45) is 5.73 Å². The highest BCUT2D eigenvalue weighted by molar-refractivity contribution is 5.66. The van der Waals surface area contributed by atoms with Gasteiger partial charge < -0.3 is 10.8 Å². The van der Waals surface area contributed by atoms with Gasteiger partial charge in [-0.25, -0.2) is 13.2 Å². The number of aliphatic carboxylic acids is 1. The van der Waals surface area contributed by atoms with Gasteiger partial charge in [0.1, 0.15) is 5.82 Å². The van der Waals surface area contributed by atoms with Crippen LogP contribution in [0.5, 0.6) is 0 Å². The lowest BCUT2D eigenvalue weighted by molar-refractivity contribution is -0.137. The largest absolute Gasteiger partial charge is 0.481 e. The minimum absolute atomic E-state index is 0.00105. The molecule has 0 spiro atoms. The van der Waals surface area contributed by atoms with Gasteiger partial charge in [0.05, 0.1) is 0 Å². The molecule has 6 heteroatoms. The van der Waals surface area contributed by atoms with Gasteiger partial charge in [0.15, 0.2) is 0 Å². The molecule has 0 fully saturated rings. The fourth-order valence-corrected chi connectivity index (χ4v) is 1.42. The van der Waals surface area contributed by atoms with Gasteiger partial charge in [-0.15, -0.1) is 0 Å². The minimum atomic E-state index is -2.71. The van der Waals surface area contributed by atoms with Crippen LogP contribution in [-0.4, -0.2) is 11.1 Å². The number of carboxylic acid groups (broad SMARTS) is 1. The molecule has 1 aromatic rings. The quantitative estimate of drug-likeness (QED) is 0.840. The molecule has 1 aromatic carbocycles.